The molecule has 1 saturated heterocycles. The third-order valence-electron chi connectivity index (χ3n) is 3.28. The molecule has 1 aliphatic rings. The van der Waals surface area contributed by atoms with E-state index in [1.807, 2.05) is 0 Å². The van der Waals surface area contributed by atoms with Gasteiger partial charge >= 0.3 is 6.18 Å². The Balaban J connectivity index is 2.53. The predicted octanol–water partition coefficient (Wildman–Crippen LogP) is 0.653. The summed E-state index contributed by atoms with van der Waals surface area (Å²) in [6.07, 6.45) is -3.71. The molecule has 0 bridgehead atoms. The van der Waals surface area contributed by atoms with Gasteiger partial charge in [0, 0.05) is 6.54 Å². The van der Waals surface area contributed by atoms with Crippen LogP contribution in [0.1, 0.15) is 28.9 Å². The molecule has 0 radical (unpaired) electrons. The fourth-order valence-electron chi connectivity index (χ4n) is 2.33. The van der Waals surface area contributed by atoms with Crippen molar-refractivity contribution in [3.8, 4) is 0 Å². The van der Waals surface area contributed by atoms with E-state index in [4.69, 9.17) is 11.5 Å². The number of nitrogens with two attached hydrogens (primary N) is 2. The average molecular weight is 302 g/mol. The van der Waals surface area contributed by atoms with Crippen molar-refractivity contribution in [1.29, 1.82) is 0 Å². The normalized spacial score (nSPS) is 18.8. The number of nitrogens with zero attached hydrogens (tertiary/aromatic N) is 2. The Hall–Kier alpha value is -2.32. The predicted molar refractivity (Wildman–Crippen MR) is 67.3 cm³/mol. The van der Waals surface area contributed by atoms with Crippen molar-refractivity contribution in [2.24, 2.45) is 11.5 Å². The number of amides is 2. The number of aromatic nitrogens is 1. The number of pyridine rings is 1. The van der Waals surface area contributed by atoms with Gasteiger partial charge in [-0.3, -0.25) is 9.59 Å². The van der Waals surface area contributed by atoms with Gasteiger partial charge in [-0.05, 0) is 25.0 Å². The lowest BCUT2D eigenvalue weighted by Crippen LogP contribution is -2.42. The van der Waals surface area contributed by atoms with Crippen molar-refractivity contribution in [1.82, 2.24) is 4.98 Å². The number of carbonyl (C=O) groups excluding carboxylic acids is 2. The molecule has 9 heteroatoms. The third kappa shape index (κ3) is 2.91. The Morgan fingerprint density at radius 3 is 2.48 bits per heavy atom. The number of rotatable bonds is 3. The highest BCUT2D eigenvalue weighted by molar-refractivity contribution is 5.98. The SMILES string of the molecule is NC(=O)c1ccc(C(F)(F)F)nc1N1CCCC1C(N)=O. The van der Waals surface area contributed by atoms with Crippen LogP contribution in [-0.4, -0.2) is 29.4 Å². The second-order valence-corrected chi connectivity index (χ2v) is 4.68. The molecule has 1 unspecified atom stereocenters. The maximum atomic E-state index is 12.8. The summed E-state index contributed by atoms with van der Waals surface area (Å²) in [6, 6.07) is 0.849. The molecule has 4 N–H and O–H groups in total. The number of primary amides is 2. The van der Waals surface area contributed by atoms with Gasteiger partial charge < -0.3 is 16.4 Å². The van der Waals surface area contributed by atoms with E-state index < -0.39 is 29.7 Å². The summed E-state index contributed by atoms with van der Waals surface area (Å²) in [5.41, 5.74) is 9.06. The fraction of sp³-hybridized carbons (Fsp3) is 0.417. The van der Waals surface area contributed by atoms with Crippen molar-refractivity contribution in [3.05, 3.63) is 23.4 Å². The molecule has 1 atom stereocenters. The number of hydrogen-bond donors (Lipinski definition) is 2. The van der Waals surface area contributed by atoms with Crippen molar-refractivity contribution < 1.29 is 22.8 Å². The molecule has 6 nitrogen and oxygen atoms in total. The molecular weight excluding hydrogens is 289 g/mol. The van der Waals surface area contributed by atoms with E-state index in [0.717, 1.165) is 6.07 Å². The van der Waals surface area contributed by atoms with Crippen LogP contribution >= 0.6 is 0 Å². The second kappa shape index (κ2) is 5.23. The van der Waals surface area contributed by atoms with Gasteiger partial charge in [-0.2, -0.15) is 13.2 Å². The van der Waals surface area contributed by atoms with Crippen LogP contribution in [0.15, 0.2) is 12.1 Å². The number of hydrogen-bond acceptors (Lipinski definition) is 4. The Morgan fingerprint density at radius 1 is 1.29 bits per heavy atom. The molecule has 114 valence electrons. The Labute approximate surface area is 117 Å². The molecule has 1 aromatic rings. The van der Waals surface area contributed by atoms with Crippen LogP contribution in [0.25, 0.3) is 0 Å². The van der Waals surface area contributed by atoms with Crippen LogP contribution in [0.3, 0.4) is 0 Å². The van der Waals surface area contributed by atoms with Crippen LogP contribution in [0.5, 0.6) is 0 Å². The quantitative estimate of drug-likeness (QED) is 0.855. The first kappa shape index (κ1) is 15.1. The number of alkyl halides is 3. The Kier molecular flexibility index (Phi) is 3.75. The molecular formula is C12H13F3N4O2. The first-order chi connectivity index (χ1) is 9.71. The minimum absolute atomic E-state index is 0.170. The molecule has 2 rings (SSSR count). The lowest BCUT2D eigenvalue weighted by Gasteiger charge is -2.25. The number of halogens is 3. The van der Waals surface area contributed by atoms with Gasteiger partial charge in [0.2, 0.25) is 5.91 Å². The fourth-order valence-corrected chi connectivity index (χ4v) is 2.33. The summed E-state index contributed by atoms with van der Waals surface area (Å²) < 4.78 is 38.3. The van der Waals surface area contributed by atoms with Crippen molar-refractivity contribution in [2.45, 2.75) is 25.1 Å². The Bertz CT molecular complexity index is 588. The first-order valence-electron chi connectivity index (χ1n) is 6.16. The zero-order valence-corrected chi connectivity index (χ0v) is 10.9. The maximum absolute atomic E-state index is 12.8. The highest BCUT2D eigenvalue weighted by Gasteiger charge is 2.37. The smallest absolute Gasteiger partial charge is 0.368 e. The highest BCUT2D eigenvalue weighted by atomic mass is 19.4. The average Bonchev–Trinajstić information content (AvgIpc) is 2.85. The molecule has 2 amide bonds. The van der Waals surface area contributed by atoms with Crippen LogP contribution in [-0.2, 0) is 11.0 Å². The van der Waals surface area contributed by atoms with Crippen LogP contribution < -0.4 is 16.4 Å². The molecule has 2 heterocycles. The maximum Gasteiger partial charge on any atom is 0.433 e. The summed E-state index contributed by atoms with van der Waals surface area (Å²) in [5, 5.41) is 0. The van der Waals surface area contributed by atoms with Gasteiger partial charge in [-0.25, -0.2) is 4.98 Å². The molecule has 21 heavy (non-hydrogen) atoms. The monoisotopic (exact) mass is 302 g/mol. The second-order valence-electron chi connectivity index (χ2n) is 4.68. The molecule has 0 aromatic carbocycles. The largest absolute Gasteiger partial charge is 0.433 e. The van der Waals surface area contributed by atoms with Gasteiger partial charge in [-0.15, -0.1) is 0 Å². The number of anilines is 1. The van der Waals surface area contributed by atoms with Gasteiger partial charge in [0.1, 0.15) is 17.6 Å². The third-order valence-corrected chi connectivity index (χ3v) is 3.28. The van der Waals surface area contributed by atoms with E-state index in [2.05, 4.69) is 4.98 Å². The lowest BCUT2D eigenvalue weighted by atomic mass is 10.1. The lowest BCUT2D eigenvalue weighted by molar-refractivity contribution is -0.141. The minimum Gasteiger partial charge on any atom is -0.368 e. The van der Waals surface area contributed by atoms with Crippen molar-refractivity contribution in [3.63, 3.8) is 0 Å². The van der Waals surface area contributed by atoms with Gasteiger partial charge in [-0.1, -0.05) is 0 Å². The zero-order chi connectivity index (χ0) is 15.8. The van der Waals surface area contributed by atoms with Crippen molar-refractivity contribution >= 4 is 17.6 Å². The summed E-state index contributed by atoms with van der Waals surface area (Å²) in [5.74, 6) is -1.85. The van der Waals surface area contributed by atoms with Crippen LogP contribution in [0.2, 0.25) is 0 Å². The molecule has 0 saturated carbocycles. The summed E-state index contributed by atoms with van der Waals surface area (Å²) in [4.78, 5) is 27.5. The van der Waals surface area contributed by atoms with E-state index in [-0.39, 0.29) is 17.9 Å². The zero-order valence-electron chi connectivity index (χ0n) is 10.9. The summed E-state index contributed by atoms with van der Waals surface area (Å²) in [7, 11) is 0. The van der Waals surface area contributed by atoms with Crippen molar-refractivity contribution in [2.75, 3.05) is 11.4 Å². The van der Waals surface area contributed by atoms with Crippen LogP contribution in [0, 0.1) is 0 Å². The van der Waals surface area contributed by atoms with Gasteiger partial charge in [0.15, 0.2) is 0 Å². The Morgan fingerprint density at radius 2 is 1.95 bits per heavy atom. The first-order valence-corrected chi connectivity index (χ1v) is 6.16. The molecule has 0 aliphatic carbocycles. The summed E-state index contributed by atoms with van der Waals surface area (Å²) in [6.45, 7) is 0.280. The van der Waals surface area contributed by atoms with E-state index in [1.54, 1.807) is 0 Å². The number of carbonyl (C=O) groups is 2. The molecule has 1 fully saturated rings. The van der Waals surface area contributed by atoms with Gasteiger partial charge in [0.25, 0.3) is 5.91 Å². The molecule has 0 spiro atoms. The van der Waals surface area contributed by atoms with E-state index in [9.17, 15) is 22.8 Å². The molecule has 1 aromatic heterocycles. The minimum atomic E-state index is -4.66. The van der Waals surface area contributed by atoms with E-state index in [1.165, 1.54) is 4.90 Å². The van der Waals surface area contributed by atoms with E-state index in [0.29, 0.717) is 18.9 Å². The highest BCUT2D eigenvalue weighted by Crippen LogP contribution is 2.33. The topological polar surface area (TPSA) is 102 Å². The van der Waals surface area contributed by atoms with E-state index >= 15 is 0 Å². The summed E-state index contributed by atoms with van der Waals surface area (Å²) >= 11 is 0. The molecule has 1 aliphatic heterocycles. The van der Waals surface area contributed by atoms with Gasteiger partial charge in [0.05, 0.1) is 5.56 Å². The van der Waals surface area contributed by atoms with Crippen LogP contribution in [0.4, 0.5) is 19.0 Å². The standard InChI is InChI=1S/C12H13F3N4O2/c13-12(14,15)8-4-3-6(9(16)20)11(18-8)19-5-1-2-7(19)10(17)21/h3-4,7H,1-2,5H2,(H2,16,20)(H2,17,21).